The Morgan fingerprint density at radius 1 is 1.32 bits per heavy atom. The third-order valence-corrected chi connectivity index (χ3v) is 6.79. The molecule has 180 valence electrons. The van der Waals surface area contributed by atoms with E-state index in [-0.39, 0.29) is 29.1 Å². The molecule has 3 atom stereocenters. The first kappa shape index (κ1) is 22.5. The number of nitrogens with one attached hydrogen (secondary N) is 1. The Kier molecular flexibility index (Phi) is 5.59. The molecule has 2 fully saturated rings. The van der Waals surface area contributed by atoms with Crippen molar-refractivity contribution in [1.82, 2.24) is 15.0 Å². The lowest BCUT2D eigenvalue weighted by Gasteiger charge is -2.54. The van der Waals surface area contributed by atoms with E-state index in [1.807, 2.05) is 13.0 Å². The second kappa shape index (κ2) is 8.46. The van der Waals surface area contributed by atoms with Crippen molar-refractivity contribution in [2.75, 3.05) is 18.5 Å². The Hall–Kier alpha value is -3.34. The van der Waals surface area contributed by atoms with Gasteiger partial charge in [0, 0.05) is 12.8 Å². The Bertz CT molecular complexity index is 1120. The molecule has 5 rings (SSSR count). The fourth-order valence-electron chi connectivity index (χ4n) is 4.90. The van der Waals surface area contributed by atoms with Crippen molar-refractivity contribution in [3.05, 3.63) is 41.5 Å². The van der Waals surface area contributed by atoms with Gasteiger partial charge in [-0.1, -0.05) is 6.07 Å². The van der Waals surface area contributed by atoms with Gasteiger partial charge >= 0.3 is 0 Å². The van der Waals surface area contributed by atoms with Gasteiger partial charge < -0.3 is 25.3 Å². The van der Waals surface area contributed by atoms with Crippen molar-refractivity contribution >= 4 is 17.7 Å². The highest BCUT2D eigenvalue weighted by atomic mass is 19.1. The predicted molar refractivity (Wildman–Crippen MR) is 120 cm³/mol. The summed E-state index contributed by atoms with van der Waals surface area (Å²) in [6.45, 7) is 3.98. The zero-order chi connectivity index (χ0) is 23.9. The molecule has 10 nitrogen and oxygen atoms in total. The summed E-state index contributed by atoms with van der Waals surface area (Å²) < 4.78 is 29.7. The summed E-state index contributed by atoms with van der Waals surface area (Å²) in [6, 6.07) is 3.70. The number of anilines is 1. The smallest absolute Gasteiger partial charge is 0.282 e. The number of hydrogen-bond donors (Lipinski definition) is 2. The minimum atomic E-state index is -1.53. The van der Waals surface area contributed by atoms with Gasteiger partial charge in [-0.25, -0.2) is 24.3 Å². The lowest BCUT2D eigenvalue weighted by molar-refractivity contribution is -0.182. The summed E-state index contributed by atoms with van der Waals surface area (Å²) in [5, 5.41) is 2.75. The van der Waals surface area contributed by atoms with E-state index >= 15 is 0 Å². The Morgan fingerprint density at radius 3 is 2.82 bits per heavy atom. The number of aromatic nitrogens is 3. The van der Waals surface area contributed by atoms with Crippen LogP contribution in [0.15, 0.2) is 29.5 Å². The Balaban J connectivity index is 1.41. The second-order valence-corrected chi connectivity index (χ2v) is 9.13. The van der Waals surface area contributed by atoms with Crippen LogP contribution in [0, 0.1) is 12.8 Å². The largest absolute Gasteiger partial charge is 0.465 e. The van der Waals surface area contributed by atoms with E-state index in [1.165, 1.54) is 19.3 Å². The van der Waals surface area contributed by atoms with Gasteiger partial charge in [0.15, 0.2) is 0 Å². The monoisotopic (exact) mass is 470 g/mol. The van der Waals surface area contributed by atoms with Gasteiger partial charge in [-0.15, -0.1) is 0 Å². The molecule has 3 unspecified atom stereocenters. The second-order valence-electron chi connectivity index (χ2n) is 9.13. The highest BCUT2D eigenvalue weighted by Gasteiger charge is 2.56. The number of halogens is 1. The van der Waals surface area contributed by atoms with Crippen molar-refractivity contribution in [3.8, 4) is 5.88 Å². The summed E-state index contributed by atoms with van der Waals surface area (Å²) in [7, 11) is 0. The molecule has 0 aromatic carbocycles. The van der Waals surface area contributed by atoms with Gasteiger partial charge in [0.1, 0.15) is 17.1 Å². The predicted octanol–water partition coefficient (Wildman–Crippen LogP) is 2.63. The third-order valence-electron chi connectivity index (χ3n) is 6.79. The van der Waals surface area contributed by atoms with E-state index in [0.29, 0.717) is 24.7 Å². The van der Waals surface area contributed by atoms with Gasteiger partial charge in [-0.2, -0.15) is 0 Å². The number of alkyl halides is 1. The normalized spacial score (nSPS) is 25.9. The van der Waals surface area contributed by atoms with Gasteiger partial charge in [0.2, 0.25) is 12.2 Å². The van der Waals surface area contributed by atoms with E-state index in [1.54, 1.807) is 6.07 Å². The van der Waals surface area contributed by atoms with Gasteiger partial charge in [-0.05, 0) is 44.2 Å². The molecule has 1 spiro atoms. The number of ether oxygens (including phenoxy) is 3. The zero-order valence-electron chi connectivity index (χ0n) is 19.1. The van der Waals surface area contributed by atoms with Crippen molar-refractivity contribution in [2.24, 2.45) is 16.6 Å². The number of carbonyl (C=O) groups excluding carboxylic acids is 1. The van der Waals surface area contributed by atoms with Gasteiger partial charge in [0.25, 0.3) is 11.9 Å². The van der Waals surface area contributed by atoms with Crippen molar-refractivity contribution < 1.29 is 23.4 Å². The molecule has 2 aromatic rings. The van der Waals surface area contributed by atoms with Crippen LogP contribution in [-0.2, 0) is 15.0 Å². The molecule has 1 saturated heterocycles. The molecule has 3 N–H and O–H groups in total. The van der Waals surface area contributed by atoms with Crippen LogP contribution in [0.5, 0.6) is 5.88 Å². The first-order chi connectivity index (χ1) is 16.3. The fourth-order valence-corrected chi connectivity index (χ4v) is 4.90. The van der Waals surface area contributed by atoms with Crippen LogP contribution in [0.1, 0.15) is 54.4 Å². The van der Waals surface area contributed by atoms with E-state index < -0.39 is 17.8 Å². The molecular weight excluding hydrogens is 443 g/mol. The molecule has 0 bridgehead atoms. The molecule has 2 aliphatic heterocycles. The highest BCUT2D eigenvalue weighted by Crippen LogP contribution is 2.52. The number of aliphatic imine (C=N–C) groups is 1. The first-order valence-electron chi connectivity index (χ1n) is 11.3. The average Bonchev–Trinajstić information content (AvgIpc) is 2.79. The topological polar surface area (TPSA) is 134 Å². The van der Waals surface area contributed by atoms with E-state index in [2.05, 4.69) is 15.3 Å². The summed E-state index contributed by atoms with van der Waals surface area (Å²) in [5.74, 6) is -0.124. The van der Waals surface area contributed by atoms with Gasteiger partial charge in [0.05, 0.1) is 36.9 Å². The summed E-state index contributed by atoms with van der Waals surface area (Å²) >= 11 is 0. The van der Waals surface area contributed by atoms with Crippen LogP contribution in [0.3, 0.4) is 0 Å². The quantitative estimate of drug-likeness (QED) is 0.681. The molecule has 1 aliphatic carbocycles. The standard InChI is InChI=1S/C23H27FN6O4/c1-13-4-5-17(29-20(31)16-9-27-18(10-26-16)34-14(2)24)28-19(13)23-12-33-22(6-3-7-22)8-15(23)11-32-21(25)30-23/h4-5,9-10,14-15H,3,6-8,11-12H2,1-2H3,(H2,25,30)(H,28,29,31). The van der Waals surface area contributed by atoms with Crippen LogP contribution >= 0.6 is 0 Å². The molecule has 4 heterocycles. The molecule has 2 aromatic heterocycles. The number of aryl methyl sites for hydroxylation is 1. The van der Waals surface area contributed by atoms with Gasteiger partial charge in [-0.3, -0.25) is 4.79 Å². The van der Waals surface area contributed by atoms with Crippen LogP contribution in [0.2, 0.25) is 0 Å². The lowest BCUT2D eigenvalue weighted by atomic mass is 9.65. The maximum Gasteiger partial charge on any atom is 0.282 e. The third kappa shape index (κ3) is 4.04. The number of amides is 1. The Labute approximate surface area is 196 Å². The molecule has 3 aliphatic rings. The number of fused-ring (bicyclic) bond motifs is 1. The molecule has 1 saturated carbocycles. The average molecular weight is 471 g/mol. The number of amidine groups is 1. The summed E-state index contributed by atoms with van der Waals surface area (Å²) in [5.41, 5.74) is 6.76. The van der Waals surface area contributed by atoms with Crippen LogP contribution in [0.25, 0.3) is 0 Å². The number of hydrogen-bond acceptors (Lipinski definition) is 9. The fraction of sp³-hybridized carbons (Fsp3) is 0.522. The Morgan fingerprint density at radius 2 is 2.15 bits per heavy atom. The van der Waals surface area contributed by atoms with Crippen molar-refractivity contribution in [1.29, 1.82) is 0 Å². The van der Waals surface area contributed by atoms with Crippen LogP contribution < -0.4 is 15.8 Å². The minimum Gasteiger partial charge on any atom is -0.465 e. The lowest BCUT2D eigenvalue weighted by Crippen LogP contribution is -2.58. The highest BCUT2D eigenvalue weighted by molar-refractivity contribution is 6.02. The van der Waals surface area contributed by atoms with E-state index in [9.17, 15) is 9.18 Å². The van der Waals surface area contributed by atoms with Crippen molar-refractivity contribution in [3.63, 3.8) is 0 Å². The van der Waals surface area contributed by atoms with Crippen LogP contribution in [0.4, 0.5) is 10.2 Å². The summed E-state index contributed by atoms with van der Waals surface area (Å²) in [4.78, 5) is 30.1. The maximum atomic E-state index is 13.0. The molecular formula is C23H27FN6O4. The minimum absolute atomic E-state index is 0.0102. The zero-order valence-corrected chi connectivity index (χ0v) is 19.1. The maximum absolute atomic E-state index is 13.0. The number of pyridine rings is 1. The molecule has 0 radical (unpaired) electrons. The first-order valence-corrected chi connectivity index (χ1v) is 11.3. The van der Waals surface area contributed by atoms with E-state index in [0.717, 1.165) is 31.2 Å². The SMILES string of the molecule is Cc1ccc(NC(=O)c2cnc(OC(C)F)cn2)nc1C12COC3(CCC3)CC1COC(N)=N2. The number of nitrogens with two attached hydrogens (primary N) is 1. The number of carbonyl (C=O) groups is 1. The molecule has 11 heteroatoms. The molecule has 1 amide bonds. The van der Waals surface area contributed by atoms with Crippen molar-refractivity contribution in [2.45, 2.75) is 57.0 Å². The summed E-state index contributed by atoms with van der Waals surface area (Å²) in [6.07, 6.45) is 4.94. The number of rotatable bonds is 5. The molecule has 34 heavy (non-hydrogen) atoms. The van der Waals surface area contributed by atoms with E-state index in [4.69, 9.17) is 29.9 Å². The van der Waals surface area contributed by atoms with Crippen LogP contribution in [-0.4, -0.2) is 52.1 Å². The number of nitrogens with zero attached hydrogens (tertiary/aromatic N) is 4.